The summed E-state index contributed by atoms with van der Waals surface area (Å²) in [5.41, 5.74) is 0.944. The van der Waals surface area contributed by atoms with Gasteiger partial charge in [-0.15, -0.1) is 0 Å². The van der Waals surface area contributed by atoms with E-state index in [-0.39, 0.29) is 5.78 Å². The van der Waals surface area contributed by atoms with Crippen LogP contribution in [0.4, 0.5) is 0 Å². The Balaban J connectivity index is 2.46. The SMILES string of the molecule is CCOc1cccc(C(=O)c2c(OC)cccc2OC)c1. The molecule has 2 rings (SSSR count). The van der Waals surface area contributed by atoms with E-state index in [1.54, 1.807) is 36.4 Å². The smallest absolute Gasteiger partial charge is 0.200 e. The average molecular weight is 286 g/mol. The van der Waals surface area contributed by atoms with Crippen LogP contribution in [-0.2, 0) is 0 Å². The number of benzene rings is 2. The van der Waals surface area contributed by atoms with E-state index in [0.29, 0.717) is 35.0 Å². The van der Waals surface area contributed by atoms with Crippen LogP contribution >= 0.6 is 0 Å². The van der Waals surface area contributed by atoms with E-state index in [1.165, 1.54) is 14.2 Å². The molecule has 0 heterocycles. The largest absolute Gasteiger partial charge is 0.496 e. The molecule has 2 aromatic rings. The van der Waals surface area contributed by atoms with Gasteiger partial charge in [0.15, 0.2) is 0 Å². The van der Waals surface area contributed by atoms with Crippen molar-refractivity contribution in [1.82, 2.24) is 0 Å². The van der Waals surface area contributed by atoms with Crippen LogP contribution in [0.3, 0.4) is 0 Å². The van der Waals surface area contributed by atoms with Crippen LogP contribution < -0.4 is 14.2 Å². The Morgan fingerprint density at radius 2 is 1.62 bits per heavy atom. The van der Waals surface area contributed by atoms with Crippen LogP contribution in [0.5, 0.6) is 17.2 Å². The van der Waals surface area contributed by atoms with E-state index in [9.17, 15) is 4.79 Å². The third-order valence-corrected chi connectivity index (χ3v) is 3.06. The minimum atomic E-state index is -0.161. The van der Waals surface area contributed by atoms with Crippen molar-refractivity contribution < 1.29 is 19.0 Å². The molecular weight excluding hydrogens is 268 g/mol. The Labute approximate surface area is 124 Å². The first-order valence-corrected chi connectivity index (χ1v) is 6.69. The molecule has 0 N–H and O–H groups in total. The van der Waals surface area contributed by atoms with E-state index < -0.39 is 0 Å². The fourth-order valence-electron chi connectivity index (χ4n) is 2.11. The molecule has 4 heteroatoms. The number of ether oxygens (including phenoxy) is 3. The second-order valence-electron chi connectivity index (χ2n) is 4.33. The van der Waals surface area contributed by atoms with Crippen LogP contribution in [0.25, 0.3) is 0 Å². The maximum absolute atomic E-state index is 12.7. The zero-order chi connectivity index (χ0) is 15.2. The average Bonchev–Trinajstić information content (AvgIpc) is 2.54. The summed E-state index contributed by atoms with van der Waals surface area (Å²) < 4.78 is 16.0. The van der Waals surface area contributed by atoms with Gasteiger partial charge >= 0.3 is 0 Å². The van der Waals surface area contributed by atoms with Crippen LogP contribution in [0.15, 0.2) is 42.5 Å². The van der Waals surface area contributed by atoms with Gasteiger partial charge < -0.3 is 14.2 Å². The first kappa shape index (κ1) is 14.9. The fraction of sp³-hybridized carbons (Fsp3) is 0.235. The number of methoxy groups -OCH3 is 2. The standard InChI is InChI=1S/C17H18O4/c1-4-21-13-8-5-7-12(11-13)17(18)16-14(19-2)9-6-10-15(16)20-3/h5-11H,4H2,1-3H3. The molecule has 4 nitrogen and oxygen atoms in total. The van der Waals surface area contributed by atoms with Gasteiger partial charge in [-0.3, -0.25) is 4.79 Å². The minimum Gasteiger partial charge on any atom is -0.496 e. The molecule has 0 aromatic heterocycles. The summed E-state index contributed by atoms with van der Waals surface area (Å²) in [6.07, 6.45) is 0. The van der Waals surface area contributed by atoms with Gasteiger partial charge in [-0.1, -0.05) is 18.2 Å². The van der Waals surface area contributed by atoms with Gasteiger partial charge in [0, 0.05) is 5.56 Å². The fourth-order valence-corrected chi connectivity index (χ4v) is 2.11. The number of carbonyl (C=O) groups is 1. The number of hydrogen-bond donors (Lipinski definition) is 0. The van der Waals surface area contributed by atoms with Crippen molar-refractivity contribution in [1.29, 1.82) is 0 Å². The Hall–Kier alpha value is -2.49. The molecule has 0 unspecified atom stereocenters. The number of hydrogen-bond acceptors (Lipinski definition) is 4. The van der Waals surface area contributed by atoms with Crippen molar-refractivity contribution >= 4 is 5.78 Å². The molecule has 0 fully saturated rings. The lowest BCUT2D eigenvalue weighted by atomic mass is 10.0. The highest BCUT2D eigenvalue weighted by molar-refractivity contribution is 6.12. The number of ketones is 1. The van der Waals surface area contributed by atoms with Crippen molar-refractivity contribution in [2.24, 2.45) is 0 Å². The normalized spacial score (nSPS) is 10.0. The van der Waals surface area contributed by atoms with Crippen molar-refractivity contribution in [2.75, 3.05) is 20.8 Å². The Morgan fingerprint density at radius 3 is 2.19 bits per heavy atom. The summed E-state index contributed by atoms with van der Waals surface area (Å²) in [5, 5.41) is 0. The predicted molar refractivity (Wildman–Crippen MR) is 80.6 cm³/mol. The Kier molecular flexibility index (Phi) is 4.82. The maximum atomic E-state index is 12.7. The van der Waals surface area contributed by atoms with E-state index in [0.717, 1.165) is 0 Å². The minimum absolute atomic E-state index is 0.161. The molecule has 0 aliphatic rings. The molecule has 21 heavy (non-hydrogen) atoms. The third-order valence-electron chi connectivity index (χ3n) is 3.06. The zero-order valence-corrected chi connectivity index (χ0v) is 12.4. The molecule has 0 amide bonds. The highest BCUT2D eigenvalue weighted by Gasteiger charge is 2.20. The number of rotatable bonds is 6. The Morgan fingerprint density at radius 1 is 1.00 bits per heavy atom. The lowest BCUT2D eigenvalue weighted by Crippen LogP contribution is -2.07. The van der Waals surface area contributed by atoms with Crippen LogP contribution in [0.1, 0.15) is 22.8 Å². The summed E-state index contributed by atoms with van der Waals surface area (Å²) >= 11 is 0. The van der Waals surface area contributed by atoms with Gasteiger partial charge in [0.25, 0.3) is 0 Å². The lowest BCUT2D eigenvalue weighted by Gasteiger charge is -2.12. The molecule has 110 valence electrons. The molecule has 2 aromatic carbocycles. The van der Waals surface area contributed by atoms with Gasteiger partial charge in [-0.25, -0.2) is 0 Å². The lowest BCUT2D eigenvalue weighted by molar-refractivity contribution is 0.103. The van der Waals surface area contributed by atoms with Gasteiger partial charge in [-0.05, 0) is 31.2 Å². The zero-order valence-electron chi connectivity index (χ0n) is 12.4. The predicted octanol–water partition coefficient (Wildman–Crippen LogP) is 3.33. The molecule has 0 atom stereocenters. The quantitative estimate of drug-likeness (QED) is 0.764. The second-order valence-corrected chi connectivity index (χ2v) is 4.33. The van der Waals surface area contributed by atoms with E-state index >= 15 is 0 Å². The monoisotopic (exact) mass is 286 g/mol. The van der Waals surface area contributed by atoms with E-state index in [4.69, 9.17) is 14.2 Å². The highest BCUT2D eigenvalue weighted by atomic mass is 16.5. The molecule has 0 radical (unpaired) electrons. The van der Waals surface area contributed by atoms with Gasteiger partial charge in [0.2, 0.25) is 5.78 Å². The van der Waals surface area contributed by atoms with E-state index in [2.05, 4.69) is 0 Å². The Bertz CT molecular complexity index is 612. The van der Waals surface area contributed by atoms with Crippen LogP contribution in [-0.4, -0.2) is 26.6 Å². The summed E-state index contributed by atoms with van der Waals surface area (Å²) in [5.74, 6) is 1.48. The molecule has 0 bridgehead atoms. The molecular formula is C17H18O4. The third kappa shape index (κ3) is 3.16. The van der Waals surface area contributed by atoms with Crippen molar-refractivity contribution in [3.63, 3.8) is 0 Å². The topological polar surface area (TPSA) is 44.8 Å². The molecule has 0 saturated carbocycles. The highest BCUT2D eigenvalue weighted by Crippen LogP contribution is 2.31. The summed E-state index contributed by atoms with van der Waals surface area (Å²) in [7, 11) is 3.06. The molecule has 0 aliphatic heterocycles. The first-order chi connectivity index (χ1) is 10.2. The molecule has 0 spiro atoms. The van der Waals surface area contributed by atoms with Crippen LogP contribution in [0.2, 0.25) is 0 Å². The van der Waals surface area contributed by atoms with Gasteiger partial charge in [-0.2, -0.15) is 0 Å². The summed E-state index contributed by atoms with van der Waals surface area (Å²) in [4.78, 5) is 12.7. The molecule has 0 aliphatic carbocycles. The maximum Gasteiger partial charge on any atom is 0.200 e. The van der Waals surface area contributed by atoms with E-state index in [1.807, 2.05) is 13.0 Å². The number of carbonyl (C=O) groups excluding carboxylic acids is 1. The van der Waals surface area contributed by atoms with Crippen molar-refractivity contribution in [2.45, 2.75) is 6.92 Å². The van der Waals surface area contributed by atoms with Gasteiger partial charge in [0.05, 0.1) is 20.8 Å². The van der Waals surface area contributed by atoms with Crippen molar-refractivity contribution in [3.8, 4) is 17.2 Å². The summed E-state index contributed by atoms with van der Waals surface area (Å²) in [6.45, 7) is 2.45. The van der Waals surface area contributed by atoms with Gasteiger partial charge in [0.1, 0.15) is 22.8 Å². The molecule has 0 saturated heterocycles. The van der Waals surface area contributed by atoms with Crippen LogP contribution in [0, 0.1) is 0 Å². The second kappa shape index (κ2) is 6.79. The van der Waals surface area contributed by atoms with Crippen molar-refractivity contribution in [3.05, 3.63) is 53.6 Å². The first-order valence-electron chi connectivity index (χ1n) is 6.69. The summed E-state index contributed by atoms with van der Waals surface area (Å²) in [6, 6.07) is 12.3.